The molecule has 1 fully saturated rings. The Hall–Kier alpha value is -2.45. The van der Waals surface area contributed by atoms with E-state index >= 15 is 0 Å². The first-order valence-electron chi connectivity index (χ1n) is 11.7. The van der Waals surface area contributed by atoms with Crippen molar-refractivity contribution in [1.29, 1.82) is 0 Å². The minimum atomic E-state index is -0.379. The van der Waals surface area contributed by atoms with E-state index in [1.54, 1.807) is 5.48 Å². The molecule has 0 radical (unpaired) electrons. The normalized spacial score (nSPS) is 15.1. The fourth-order valence-corrected chi connectivity index (χ4v) is 4.17. The van der Waals surface area contributed by atoms with Gasteiger partial charge in [-0.05, 0) is 49.3 Å². The molecule has 1 saturated carbocycles. The van der Waals surface area contributed by atoms with Crippen molar-refractivity contribution in [2.24, 2.45) is 5.92 Å². The molecule has 1 aromatic carbocycles. The van der Waals surface area contributed by atoms with Gasteiger partial charge in [0, 0.05) is 25.1 Å². The summed E-state index contributed by atoms with van der Waals surface area (Å²) < 4.78 is 5.01. The van der Waals surface area contributed by atoms with Crippen LogP contribution in [0.1, 0.15) is 76.2 Å². The maximum Gasteiger partial charge on any atom is 0.323 e. The number of hydroxylamine groups is 1. The third-order valence-electron chi connectivity index (χ3n) is 6.02. The predicted molar refractivity (Wildman–Crippen MR) is 122 cm³/mol. The summed E-state index contributed by atoms with van der Waals surface area (Å²) >= 11 is 0. The summed E-state index contributed by atoms with van der Waals surface area (Å²) in [6, 6.07) is 7.36. The molecular weight excluding hydrogens is 410 g/mol. The number of rotatable bonds is 13. The van der Waals surface area contributed by atoms with Crippen molar-refractivity contribution < 1.29 is 24.3 Å². The third-order valence-corrected chi connectivity index (χ3v) is 6.02. The lowest BCUT2D eigenvalue weighted by Crippen LogP contribution is -2.44. The third kappa shape index (κ3) is 9.36. The van der Waals surface area contributed by atoms with Crippen molar-refractivity contribution in [2.75, 3.05) is 12.4 Å². The van der Waals surface area contributed by atoms with E-state index in [-0.39, 0.29) is 23.8 Å². The van der Waals surface area contributed by atoms with Crippen molar-refractivity contribution >= 4 is 23.5 Å². The number of amides is 2. The molecule has 0 bridgehead atoms. The number of hydrogen-bond acceptors (Lipinski definition) is 6. The zero-order valence-corrected chi connectivity index (χ0v) is 19.0. The molecule has 0 aliphatic heterocycles. The standard InChI is InChI=1S/C24H37N3O5/c1-32-24(30)23(19-9-5-4-6-10-19)25-17-18-13-15-20(16-14-18)26-21(28)11-7-2-3-8-12-22(29)27-31/h13-16,19,23,25,31H,2-12,17H2,1H3,(H,26,28)(H,27,29)/t23-/m0/s1. The second-order valence-electron chi connectivity index (χ2n) is 8.47. The van der Waals surface area contributed by atoms with Gasteiger partial charge in [0.1, 0.15) is 6.04 Å². The van der Waals surface area contributed by atoms with Crippen molar-refractivity contribution in [3.05, 3.63) is 29.8 Å². The zero-order valence-electron chi connectivity index (χ0n) is 19.0. The number of carbonyl (C=O) groups is 3. The first-order chi connectivity index (χ1) is 15.5. The summed E-state index contributed by atoms with van der Waals surface area (Å²) in [4.78, 5) is 35.3. The van der Waals surface area contributed by atoms with E-state index in [4.69, 9.17) is 9.94 Å². The monoisotopic (exact) mass is 447 g/mol. The van der Waals surface area contributed by atoms with Crippen molar-refractivity contribution in [1.82, 2.24) is 10.8 Å². The Kier molecular flexibility index (Phi) is 11.8. The molecule has 2 rings (SSSR count). The molecule has 0 unspecified atom stereocenters. The van der Waals surface area contributed by atoms with Crippen LogP contribution in [0.4, 0.5) is 5.69 Å². The first kappa shape index (κ1) is 25.8. The Morgan fingerprint density at radius 3 is 2.19 bits per heavy atom. The van der Waals surface area contributed by atoms with Crippen LogP contribution in [-0.2, 0) is 25.7 Å². The molecule has 2 amide bonds. The van der Waals surface area contributed by atoms with Crippen LogP contribution in [0, 0.1) is 5.92 Å². The first-order valence-corrected chi connectivity index (χ1v) is 11.7. The van der Waals surface area contributed by atoms with Gasteiger partial charge in [-0.25, -0.2) is 5.48 Å². The van der Waals surface area contributed by atoms with E-state index in [1.165, 1.54) is 13.5 Å². The Bertz CT molecular complexity index is 717. The van der Waals surface area contributed by atoms with Gasteiger partial charge in [-0.15, -0.1) is 0 Å². The maximum atomic E-state index is 12.2. The van der Waals surface area contributed by atoms with Gasteiger partial charge < -0.3 is 15.4 Å². The summed E-state index contributed by atoms with van der Waals surface area (Å²) in [6.45, 7) is 0.568. The van der Waals surface area contributed by atoms with Gasteiger partial charge in [-0.1, -0.05) is 44.2 Å². The van der Waals surface area contributed by atoms with Crippen LogP contribution in [0.5, 0.6) is 0 Å². The average molecular weight is 448 g/mol. The lowest BCUT2D eigenvalue weighted by Gasteiger charge is -2.29. The molecule has 1 aromatic rings. The zero-order chi connectivity index (χ0) is 23.2. The van der Waals surface area contributed by atoms with Crippen LogP contribution in [0.25, 0.3) is 0 Å². The van der Waals surface area contributed by atoms with E-state index in [0.717, 1.165) is 56.2 Å². The molecule has 32 heavy (non-hydrogen) atoms. The van der Waals surface area contributed by atoms with E-state index in [9.17, 15) is 14.4 Å². The van der Waals surface area contributed by atoms with E-state index < -0.39 is 0 Å². The van der Waals surface area contributed by atoms with Crippen molar-refractivity contribution in [2.45, 2.75) is 83.2 Å². The Morgan fingerprint density at radius 1 is 0.969 bits per heavy atom. The topological polar surface area (TPSA) is 117 Å². The summed E-state index contributed by atoms with van der Waals surface area (Å²) in [5, 5.41) is 14.7. The molecule has 1 atom stereocenters. The van der Waals surface area contributed by atoms with Gasteiger partial charge in [-0.2, -0.15) is 0 Å². The number of nitrogens with one attached hydrogen (secondary N) is 3. The second-order valence-corrected chi connectivity index (χ2v) is 8.47. The van der Waals surface area contributed by atoms with Gasteiger partial charge in [0.2, 0.25) is 11.8 Å². The number of hydrogen-bond donors (Lipinski definition) is 4. The molecule has 1 aliphatic rings. The van der Waals surface area contributed by atoms with Gasteiger partial charge in [0.25, 0.3) is 0 Å². The highest BCUT2D eigenvalue weighted by molar-refractivity contribution is 5.90. The number of methoxy groups -OCH3 is 1. The minimum absolute atomic E-state index is 0.0352. The smallest absolute Gasteiger partial charge is 0.323 e. The largest absolute Gasteiger partial charge is 0.468 e. The Morgan fingerprint density at radius 2 is 1.59 bits per heavy atom. The van der Waals surface area contributed by atoms with Crippen LogP contribution >= 0.6 is 0 Å². The lowest BCUT2D eigenvalue weighted by atomic mass is 9.84. The fraction of sp³-hybridized carbons (Fsp3) is 0.625. The van der Waals surface area contributed by atoms with Crippen molar-refractivity contribution in [3.63, 3.8) is 0 Å². The molecule has 4 N–H and O–H groups in total. The Labute approximate surface area is 190 Å². The van der Waals surface area contributed by atoms with Crippen LogP contribution in [0.15, 0.2) is 24.3 Å². The second kappa shape index (κ2) is 14.6. The summed E-state index contributed by atoms with van der Waals surface area (Å²) in [5.41, 5.74) is 3.40. The highest BCUT2D eigenvalue weighted by Gasteiger charge is 2.29. The lowest BCUT2D eigenvalue weighted by molar-refractivity contribution is -0.145. The molecule has 1 aliphatic carbocycles. The SMILES string of the molecule is COC(=O)[C@@H](NCc1ccc(NC(=O)CCCCCCC(=O)NO)cc1)C1CCCCC1. The molecule has 178 valence electrons. The number of carbonyl (C=O) groups excluding carboxylic acids is 3. The molecule has 8 nitrogen and oxygen atoms in total. The number of unbranched alkanes of at least 4 members (excludes halogenated alkanes) is 3. The van der Waals surface area contributed by atoms with Gasteiger partial charge in [0.15, 0.2) is 0 Å². The number of anilines is 1. The number of ether oxygens (including phenoxy) is 1. The number of benzene rings is 1. The van der Waals surface area contributed by atoms with E-state index in [1.807, 2.05) is 24.3 Å². The quantitative estimate of drug-likeness (QED) is 0.159. The molecule has 0 saturated heterocycles. The van der Waals surface area contributed by atoms with E-state index in [2.05, 4.69) is 10.6 Å². The highest BCUT2D eigenvalue weighted by atomic mass is 16.5. The molecule has 8 heteroatoms. The fourth-order valence-electron chi connectivity index (χ4n) is 4.17. The molecule has 0 spiro atoms. The van der Waals surface area contributed by atoms with Crippen LogP contribution in [0.2, 0.25) is 0 Å². The highest BCUT2D eigenvalue weighted by Crippen LogP contribution is 2.27. The van der Waals surface area contributed by atoms with Crippen LogP contribution < -0.4 is 16.1 Å². The molecular formula is C24H37N3O5. The van der Waals surface area contributed by atoms with E-state index in [0.29, 0.717) is 31.7 Å². The minimum Gasteiger partial charge on any atom is -0.468 e. The van der Waals surface area contributed by atoms with Gasteiger partial charge in [0.05, 0.1) is 7.11 Å². The van der Waals surface area contributed by atoms with Gasteiger partial charge in [-0.3, -0.25) is 19.6 Å². The molecule has 0 aromatic heterocycles. The molecule has 0 heterocycles. The van der Waals surface area contributed by atoms with Crippen LogP contribution in [0.3, 0.4) is 0 Å². The summed E-state index contributed by atoms with van der Waals surface area (Å²) in [6.07, 6.45) is 9.54. The van der Waals surface area contributed by atoms with Crippen molar-refractivity contribution in [3.8, 4) is 0 Å². The van der Waals surface area contributed by atoms with Crippen LogP contribution in [-0.4, -0.2) is 36.1 Å². The Balaban J connectivity index is 1.70. The predicted octanol–water partition coefficient (Wildman–Crippen LogP) is 3.68. The average Bonchev–Trinajstić information content (AvgIpc) is 2.82. The number of esters is 1. The van der Waals surface area contributed by atoms with Gasteiger partial charge >= 0.3 is 5.97 Å². The summed E-state index contributed by atoms with van der Waals surface area (Å²) in [5.74, 6) is -0.290. The summed E-state index contributed by atoms with van der Waals surface area (Å²) in [7, 11) is 1.44. The maximum absolute atomic E-state index is 12.2.